The molecule has 2 aromatic rings. The standard InChI is InChI=1S/C17H16N2O2/c1-19(12-15-5-3-4-6-16(15)21-2)17(20)14-9-7-13(11-18)8-10-14/h3-10H,12H2,1-2H3. The van der Waals surface area contributed by atoms with E-state index in [-0.39, 0.29) is 5.91 Å². The quantitative estimate of drug-likeness (QED) is 0.865. The predicted octanol–water partition coefficient (Wildman–Crippen LogP) is 2.84. The van der Waals surface area contributed by atoms with E-state index in [4.69, 9.17) is 10.00 Å². The fraction of sp³-hybridized carbons (Fsp3) is 0.176. The molecule has 0 aliphatic rings. The smallest absolute Gasteiger partial charge is 0.253 e. The van der Waals surface area contributed by atoms with Crippen LogP contribution in [0.2, 0.25) is 0 Å². The molecule has 0 aromatic heterocycles. The maximum atomic E-state index is 12.4. The second kappa shape index (κ2) is 6.58. The van der Waals surface area contributed by atoms with E-state index in [9.17, 15) is 4.79 Å². The highest BCUT2D eigenvalue weighted by Crippen LogP contribution is 2.19. The number of carbonyl (C=O) groups is 1. The Kier molecular flexibility index (Phi) is 4.57. The molecule has 0 spiro atoms. The number of amides is 1. The molecule has 0 radical (unpaired) electrons. The van der Waals surface area contributed by atoms with Gasteiger partial charge in [-0.15, -0.1) is 0 Å². The summed E-state index contributed by atoms with van der Waals surface area (Å²) in [5.74, 6) is 0.669. The van der Waals surface area contributed by atoms with Crippen molar-refractivity contribution in [1.29, 1.82) is 5.26 Å². The minimum absolute atomic E-state index is 0.0922. The first kappa shape index (κ1) is 14.6. The molecular weight excluding hydrogens is 264 g/mol. The molecule has 4 nitrogen and oxygen atoms in total. The Morgan fingerprint density at radius 3 is 2.48 bits per heavy atom. The van der Waals surface area contributed by atoms with Gasteiger partial charge >= 0.3 is 0 Å². The van der Waals surface area contributed by atoms with E-state index in [0.29, 0.717) is 17.7 Å². The number of rotatable bonds is 4. The lowest BCUT2D eigenvalue weighted by Crippen LogP contribution is -2.26. The van der Waals surface area contributed by atoms with Crippen molar-refractivity contribution in [1.82, 2.24) is 4.90 Å². The van der Waals surface area contributed by atoms with Gasteiger partial charge in [0.15, 0.2) is 0 Å². The van der Waals surface area contributed by atoms with Crippen LogP contribution in [0, 0.1) is 11.3 Å². The summed E-state index contributed by atoms with van der Waals surface area (Å²) in [7, 11) is 3.36. The highest BCUT2D eigenvalue weighted by Gasteiger charge is 2.13. The molecule has 0 aliphatic carbocycles. The summed E-state index contributed by atoms with van der Waals surface area (Å²) in [6, 6.07) is 16.3. The van der Waals surface area contributed by atoms with Gasteiger partial charge in [-0.1, -0.05) is 18.2 Å². The highest BCUT2D eigenvalue weighted by atomic mass is 16.5. The Morgan fingerprint density at radius 2 is 1.86 bits per heavy atom. The van der Waals surface area contributed by atoms with E-state index < -0.39 is 0 Å². The fourth-order valence-corrected chi connectivity index (χ4v) is 2.07. The molecule has 0 aliphatic heterocycles. The number of hydrogen-bond acceptors (Lipinski definition) is 3. The minimum atomic E-state index is -0.0922. The lowest BCUT2D eigenvalue weighted by atomic mass is 10.1. The number of nitriles is 1. The molecule has 0 unspecified atom stereocenters. The van der Waals surface area contributed by atoms with Crippen LogP contribution >= 0.6 is 0 Å². The monoisotopic (exact) mass is 280 g/mol. The van der Waals surface area contributed by atoms with Crippen molar-refractivity contribution in [3.05, 3.63) is 65.2 Å². The molecule has 0 N–H and O–H groups in total. The van der Waals surface area contributed by atoms with Crippen LogP contribution < -0.4 is 4.74 Å². The zero-order valence-corrected chi connectivity index (χ0v) is 12.0. The van der Waals surface area contributed by atoms with E-state index in [1.54, 1.807) is 43.3 Å². The first-order valence-corrected chi connectivity index (χ1v) is 6.53. The Morgan fingerprint density at radius 1 is 1.19 bits per heavy atom. The van der Waals surface area contributed by atoms with E-state index in [0.717, 1.165) is 11.3 Å². The number of nitrogens with zero attached hydrogens (tertiary/aromatic N) is 2. The lowest BCUT2D eigenvalue weighted by molar-refractivity contribution is 0.0784. The summed E-state index contributed by atoms with van der Waals surface area (Å²) in [5.41, 5.74) is 2.05. The molecule has 4 heteroatoms. The molecule has 0 saturated carbocycles. The summed E-state index contributed by atoms with van der Waals surface area (Å²) in [4.78, 5) is 14.0. The van der Waals surface area contributed by atoms with Gasteiger partial charge in [-0.2, -0.15) is 5.26 Å². The summed E-state index contributed by atoms with van der Waals surface area (Å²) in [6.07, 6.45) is 0. The fourth-order valence-electron chi connectivity index (χ4n) is 2.07. The van der Waals surface area contributed by atoms with Crippen LogP contribution in [0.4, 0.5) is 0 Å². The maximum absolute atomic E-state index is 12.4. The van der Waals surface area contributed by atoms with E-state index in [1.807, 2.05) is 30.3 Å². The molecule has 0 saturated heterocycles. The van der Waals surface area contributed by atoms with Gasteiger partial charge in [0, 0.05) is 24.7 Å². The molecule has 21 heavy (non-hydrogen) atoms. The number of methoxy groups -OCH3 is 1. The number of benzene rings is 2. The zero-order chi connectivity index (χ0) is 15.2. The molecule has 0 atom stereocenters. The topological polar surface area (TPSA) is 53.3 Å². The Bertz CT molecular complexity index is 672. The van der Waals surface area contributed by atoms with Gasteiger partial charge < -0.3 is 9.64 Å². The van der Waals surface area contributed by atoms with Gasteiger partial charge in [-0.05, 0) is 30.3 Å². The highest BCUT2D eigenvalue weighted by molar-refractivity contribution is 5.94. The van der Waals surface area contributed by atoms with Gasteiger partial charge in [-0.25, -0.2) is 0 Å². The number of carbonyl (C=O) groups excluding carboxylic acids is 1. The zero-order valence-electron chi connectivity index (χ0n) is 12.0. The molecular formula is C17H16N2O2. The van der Waals surface area contributed by atoms with Crippen LogP contribution in [-0.4, -0.2) is 25.0 Å². The second-order valence-electron chi connectivity index (χ2n) is 4.66. The van der Waals surface area contributed by atoms with Gasteiger partial charge in [0.2, 0.25) is 0 Å². The van der Waals surface area contributed by atoms with Crippen molar-refractivity contribution in [3.63, 3.8) is 0 Å². The van der Waals surface area contributed by atoms with Crippen molar-refractivity contribution in [3.8, 4) is 11.8 Å². The minimum Gasteiger partial charge on any atom is -0.496 e. The first-order valence-electron chi connectivity index (χ1n) is 6.53. The summed E-state index contributed by atoms with van der Waals surface area (Å²) < 4.78 is 5.29. The van der Waals surface area contributed by atoms with Crippen molar-refractivity contribution < 1.29 is 9.53 Å². The maximum Gasteiger partial charge on any atom is 0.253 e. The number of hydrogen-bond donors (Lipinski definition) is 0. The summed E-state index contributed by atoms with van der Waals surface area (Å²) >= 11 is 0. The normalized spacial score (nSPS) is 9.76. The molecule has 0 heterocycles. The van der Waals surface area contributed by atoms with E-state index in [1.165, 1.54) is 0 Å². The first-order chi connectivity index (χ1) is 10.2. The van der Waals surface area contributed by atoms with Crippen molar-refractivity contribution in [2.75, 3.05) is 14.2 Å². The SMILES string of the molecule is COc1ccccc1CN(C)C(=O)c1ccc(C#N)cc1. The lowest BCUT2D eigenvalue weighted by Gasteiger charge is -2.19. The molecule has 2 aromatic carbocycles. The number of para-hydroxylation sites is 1. The number of ether oxygens (including phenoxy) is 1. The predicted molar refractivity (Wildman–Crippen MR) is 79.9 cm³/mol. The van der Waals surface area contributed by atoms with Crippen molar-refractivity contribution >= 4 is 5.91 Å². The van der Waals surface area contributed by atoms with Crippen molar-refractivity contribution in [2.45, 2.75) is 6.54 Å². The van der Waals surface area contributed by atoms with Crippen LogP contribution in [0.15, 0.2) is 48.5 Å². The average molecular weight is 280 g/mol. The van der Waals surface area contributed by atoms with Crippen LogP contribution in [0.3, 0.4) is 0 Å². The van der Waals surface area contributed by atoms with E-state index >= 15 is 0 Å². The van der Waals surface area contributed by atoms with E-state index in [2.05, 4.69) is 0 Å². The molecule has 2 rings (SSSR count). The molecule has 1 amide bonds. The van der Waals surface area contributed by atoms with Gasteiger partial charge in [0.05, 0.1) is 18.7 Å². The van der Waals surface area contributed by atoms with Crippen LogP contribution in [-0.2, 0) is 6.54 Å². The third-order valence-corrected chi connectivity index (χ3v) is 3.21. The van der Waals surface area contributed by atoms with Crippen molar-refractivity contribution in [2.24, 2.45) is 0 Å². The van der Waals surface area contributed by atoms with Crippen LogP contribution in [0.5, 0.6) is 5.75 Å². The van der Waals surface area contributed by atoms with Gasteiger partial charge in [0.25, 0.3) is 5.91 Å². The average Bonchev–Trinajstić information content (AvgIpc) is 2.54. The molecule has 0 fully saturated rings. The Labute approximate surface area is 124 Å². The second-order valence-corrected chi connectivity index (χ2v) is 4.66. The third kappa shape index (κ3) is 3.40. The molecule has 0 bridgehead atoms. The Hall–Kier alpha value is -2.80. The third-order valence-electron chi connectivity index (χ3n) is 3.21. The largest absolute Gasteiger partial charge is 0.496 e. The summed E-state index contributed by atoms with van der Waals surface area (Å²) in [5, 5.41) is 8.77. The van der Waals surface area contributed by atoms with Gasteiger partial charge in [0.1, 0.15) is 5.75 Å². The van der Waals surface area contributed by atoms with Crippen LogP contribution in [0.1, 0.15) is 21.5 Å². The van der Waals surface area contributed by atoms with Gasteiger partial charge in [-0.3, -0.25) is 4.79 Å². The molecule has 106 valence electrons. The Balaban J connectivity index is 2.13. The van der Waals surface area contributed by atoms with Crippen LogP contribution in [0.25, 0.3) is 0 Å². The summed E-state index contributed by atoms with van der Waals surface area (Å²) in [6.45, 7) is 0.461.